The summed E-state index contributed by atoms with van der Waals surface area (Å²) in [6, 6.07) is 8.47. The summed E-state index contributed by atoms with van der Waals surface area (Å²) in [7, 11) is 0. The molecule has 0 amide bonds. The number of pyridine rings is 1. The maximum atomic E-state index is 4.23. The van der Waals surface area contributed by atoms with Crippen LogP contribution in [0.3, 0.4) is 0 Å². The molecule has 0 saturated heterocycles. The Morgan fingerprint density at radius 2 is 1.94 bits per heavy atom. The molecule has 0 aliphatic carbocycles. The first-order valence-electron chi connectivity index (χ1n) is 5.50. The first kappa shape index (κ1) is 10.6. The number of hydrogen-bond donors (Lipinski definition) is 0. The first-order valence-corrected chi connectivity index (χ1v) is 6.73. The molecule has 0 atom stereocenters. The van der Waals surface area contributed by atoms with Crippen molar-refractivity contribution in [1.29, 1.82) is 0 Å². The van der Waals surface area contributed by atoms with Gasteiger partial charge in [-0.15, -0.1) is 10.2 Å². The Hall–Kier alpha value is -1.55. The Kier molecular flexibility index (Phi) is 2.33. The van der Waals surface area contributed by atoms with E-state index >= 15 is 0 Å². The number of nitrogens with zero attached hydrogens (tertiary/aromatic N) is 3. The summed E-state index contributed by atoms with van der Waals surface area (Å²) >= 11 is 1.62. The van der Waals surface area contributed by atoms with Crippen molar-refractivity contribution in [2.75, 3.05) is 6.26 Å². The molecule has 0 bridgehead atoms. The van der Waals surface area contributed by atoms with E-state index in [1.165, 1.54) is 22.0 Å². The summed E-state index contributed by atoms with van der Waals surface area (Å²) in [4.78, 5) is 0. The zero-order chi connectivity index (χ0) is 12.0. The summed E-state index contributed by atoms with van der Waals surface area (Å²) in [5.74, 6) is 0. The molecule has 1 aromatic carbocycles. The zero-order valence-corrected chi connectivity index (χ0v) is 10.9. The molecule has 0 spiro atoms. The molecule has 86 valence electrons. The standard InChI is InChI=1S/C13H13N3S/c1-8-5-4-6-10-9(2)7-11-14-15-13(17-3)16(11)12(8)10/h4-7H,1-3H3. The number of fused-ring (bicyclic) bond motifs is 3. The lowest BCUT2D eigenvalue weighted by molar-refractivity contribution is 0.941. The van der Waals surface area contributed by atoms with E-state index < -0.39 is 0 Å². The van der Waals surface area contributed by atoms with Crippen LogP contribution in [0.25, 0.3) is 16.6 Å². The van der Waals surface area contributed by atoms with E-state index in [0.29, 0.717) is 0 Å². The largest absolute Gasteiger partial charge is 0.270 e. The highest BCUT2D eigenvalue weighted by atomic mass is 32.2. The van der Waals surface area contributed by atoms with Crippen LogP contribution in [0.1, 0.15) is 11.1 Å². The molecule has 0 fully saturated rings. The van der Waals surface area contributed by atoms with E-state index in [1.807, 2.05) is 6.26 Å². The SMILES string of the molecule is CSc1nnc2cc(C)c3cccc(C)c3n12. The highest BCUT2D eigenvalue weighted by molar-refractivity contribution is 7.98. The Morgan fingerprint density at radius 3 is 2.71 bits per heavy atom. The van der Waals surface area contributed by atoms with Gasteiger partial charge in [-0.1, -0.05) is 30.0 Å². The third-order valence-electron chi connectivity index (χ3n) is 3.07. The third kappa shape index (κ3) is 1.44. The normalized spacial score (nSPS) is 11.5. The molecule has 0 saturated carbocycles. The fourth-order valence-corrected chi connectivity index (χ4v) is 2.75. The van der Waals surface area contributed by atoms with Gasteiger partial charge >= 0.3 is 0 Å². The minimum atomic E-state index is 0.925. The van der Waals surface area contributed by atoms with Crippen molar-refractivity contribution in [3.63, 3.8) is 0 Å². The van der Waals surface area contributed by atoms with Crippen molar-refractivity contribution in [2.24, 2.45) is 0 Å². The summed E-state index contributed by atoms with van der Waals surface area (Å²) in [6.45, 7) is 4.25. The van der Waals surface area contributed by atoms with Crippen LogP contribution in [0, 0.1) is 13.8 Å². The van der Waals surface area contributed by atoms with Gasteiger partial charge in [0.25, 0.3) is 0 Å². The lowest BCUT2D eigenvalue weighted by Gasteiger charge is -2.09. The number of aromatic nitrogens is 3. The van der Waals surface area contributed by atoms with Crippen LogP contribution in [-0.2, 0) is 0 Å². The highest BCUT2D eigenvalue weighted by Gasteiger charge is 2.11. The molecular weight excluding hydrogens is 230 g/mol. The molecule has 0 aliphatic rings. The van der Waals surface area contributed by atoms with Crippen molar-refractivity contribution >= 4 is 28.3 Å². The van der Waals surface area contributed by atoms with Crippen molar-refractivity contribution < 1.29 is 0 Å². The van der Waals surface area contributed by atoms with E-state index in [1.54, 1.807) is 11.8 Å². The molecule has 2 heterocycles. The quantitative estimate of drug-likeness (QED) is 0.615. The van der Waals surface area contributed by atoms with E-state index in [9.17, 15) is 0 Å². The Labute approximate surface area is 104 Å². The predicted molar refractivity (Wildman–Crippen MR) is 71.7 cm³/mol. The van der Waals surface area contributed by atoms with Gasteiger partial charge in [0.2, 0.25) is 0 Å². The molecular formula is C13H13N3S. The molecule has 17 heavy (non-hydrogen) atoms. The lowest BCUT2D eigenvalue weighted by Crippen LogP contribution is -1.95. The fourth-order valence-electron chi connectivity index (χ4n) is 2.26. The van der Waals surface area contributed by atoms with Crippen LogP contribution < -0.4 is 0 Å². The average molecular weight is 243 g/mol. The molecule has 3 rings (SSSR count). The molecule has 3 aromatic rings. The molecule has 0 radical (unpaired) electrons. The second-order valence-corrected chi connectivity index (χ2v) is 4.95. The number of hydrogen-bond acceptors (Lipinski definition) is 3. The lowest BCUT2D eigenvalue weighted by atomic mass is 10.1. The van der Waals surface area contributed by atoms with Crippen LogP contribution >= 0.6 is 11.8 Å². The van der Waals surface area contributed by atoms with Crippen molar-refractivity contribution in [3.05, 3.63) is 35.4 Å². The molecule has 4 heteroatoms. The van der Waals surface area contributed by atoms with Crippen molar-refractivity contribution in [2.45, 2.75) is 19.0 Å². The van der Waals surface area contributed by atoms with Crippen molar-refractivity contribution in [3.8, 4) is 0 Å². The van der Waals surface area contributed by atoms with Gasteiger partial charge in [0.05, 0.1) is 5.52 Å². The van der Waals surface area contributed by atoms with E-state index in [4.69, 9.17) is 0 Å². The Morgan fingerprint density at radius 1 is 1.12 bits per heavy atom. The molecule has 3 nitrogen and oxygen atoms in total. The Balaban J connectivity index is 2.63. The molecule has 0 N–H and O–H groups in total. The predicted octanol–water partition coefficient (Wildman–Crippen LogP) is 3.22. The van der Waals surface area contributed by atoms with Gasteiger partial charge < -0.3 is 0 Å². The summed E-state index contributed by atoms with van der Waals surface area (Å²) in [5, 5.41) is 10.7. The fraction of sp³-hybridized carbons (Fsp3) is 0.231. The number of para-hydroxylation sites is 1. The van der Waals surface area contributed by atoms with Crippen LogP contribution in [0.2, 0.25) is 0 Å². The van der Waals surface area contributed by atoms with Crippen LogP contribution in [0.15, 0.2) is 29.4 Å². The topological polar surface area (TPSA) is 30.2 Å². The van der Waals surface area contributed by atoms with Gasteiger partial charge in [-0.3, -0.25) is 4.40 Å². The van der Waals surface area contributed by atoms with E-state index in [2.05, 4.69) is 52.7 Å². The minimum absolute atomic E-state index is 0.925. The van der Waals surface area contributed by atoms with E-state index in [-0.39, 0.29) is 0 Å². The van der Waals surface area contributed by atoms with Gasteiger partial charge in [0, 0.05) is 5.39 Å². The number of aryl methyl sites for hydroxylation is 2. The van der Waals surface area contributed by atoms with Crippen LogP contribution in [-0.4, -0.2) is 20.9 Å². The maximum Gasteiger partial charge on any atom is 0.195 e. The van der Waals surface area contributed by atoms with Crippen LogP contribution in [0.5, 0.6) is 0 Å². The highest BCUT2D eigenvalue weighted by Crippen LogP contribution is 2.26. The van der Waals surface area contributed by atoms with Gasteiger partial charge in [0.15, 0.2) is 10.8 Å². The number of thioether (sulfide) groups is 1. The van der Waals surface area contributed by atoms with Crippen molar-refractivity contribution in [1.82, 2.24) is 14.6 Å². The van der Waals surface area contributed by atoms with Gasteiger partial charge in [-0.2, -0.15) is 0 Å². The second-order valence-electron chi connectivity index (χ2n) is 4.18. The smallest absolute Gasteiger partial charge is 0.195 e. The summed E-state index contributed by atoms with van der Waals surface area (Å²) < 4.78 is 2.14. The zero-order valence-electron chi connectivity index (χ0n) is 10.1. The third-order valence-corrected chi connectivity index (χ3v) is 3.70. The monoisotopic (exact) mass is 243 g/mol. The molecule has 2 aromatic heterocycles. The van der Waals surface area contributed by atoms with Gasteiger partial charge in [0.1, 0.15) is 0 Å². The van der Waals surface area contributed by atoms with Gasteiger partial charge in [-0.25, -0.2) is 0 Å². The summed E-state index contributed by atoms with van der Waals surface area (Å²) in [6.07, 6.45) is 2.03. The van der Waals surface area contributed by atoms with Gasteiger partial charge in [-0.05, 0) is 37.3 Å². The van der Waals surface area contributed by atoms with Crippen LogP contribution in [0.4, 0.5) is 0 Å². The minimum Gasteiger partial charge on any atom is -0.270 e. The Bertz CT molecular complexity index is 715. The maximum absolute atomic E-state index is 4.23. The summed E-state index contributed by atoms with van der Waals surface area (Å²) in [5.41, 5.74) is 4.65. The first-order chi connectivity index (χ1) is 8.22. The number of benzene rings is 1. The number of rotatable bonds is 1. The molecule has 0 aliphatic heterocycles. The van der Waals surface area contributed by atoms with E-state index in [0.717, 1.165) is 10.8 Å². The molecule has 0 unspecified atom stereocenters. The average Bonchev–Trinajstić information content (AvgIpc) is 2.72. The second kappa shape index (κ2) is 3.74.